The number of aliphatic imine (C=N–C) groups is 1. The maximum Gasteiger partial charge on any atom is 0.260 e. The Bertz CT molecular complexity index is 406. The van der Waals surface area contributed by atoms with E-state index < -0.39 is 4.92 Å². The molecule has 0 atom stereocenters. The van der Waals surface area contributed by atoms with Gasteiger partial charge >= 0.3 is 0 Å². The number of hydrogen-bond donors (Lipinski definition) is 0. The molecule has 0 aliphatic carbocycles. The fraction of sp³-hybridized carbons (Fsp3) is 0.500. The number of amidine groups is 1. The van der Waals surface area contributed by atoms with Gasteiger partial charge < -0.3 is 4.90 Å². The minimum absolute atomic E-state index is 0.278. The van der Waals surface area contributed by atoms with Crippen LogP contribution in [-0.2, 0) is 6.54 Å². The second-order valence-corrected chi connectivity index (χ2v) is 4.76. The fourth-order valence-corrected chi connectivity index (χ4v) is 2.19. The van der Waals surface area contributed by atoms with Crippen molar-refractivity contribution in [1.82, 2.24) is 9.88 Å². The van der Waals surface area contributed by atoms with Crippen molar-refractivity contribution in [3.8, 4) is 0 Å². The monoisotopic (exact) mass is 262 g/mol. The number of halogens is 1. The lowest BCUT2D eigenvalue weighted by Crippen LogP contribution is -2.31. The Morgan fingerprint density at radius 3 is 2.94 bits per heavy atom. The third kappa shape index (κ3) is 3.74. The average Bonchev–Trinajstić information content (AvgIpc) is 2.60. The molecule has 0 aromatic carbocycles. The van der Waals surface area contributed by atoms with Crippen LogP contribution in [-0.4, -0.2) is 41.3 Å². The molecular formula is C8H11ClN4O2S. The molecule has 0 radical (unpaired) electrons. The summed E-state index contributed by atoms with van der Waals surface area (Å²) in [6.07, 6.45) is 1.66. The Hall–Kier alpha value is -1.21. The van der Waals surface area contributed by atoms with Crippen LogP contribution in [0, 0.1) is 10.1 Å². The highest BCUT2D eigenvalue weighted by Crippen LogP contribution is 2.18. The predicted octanol–water partition coefficient (Wildman–Crippen LogP) is 1.53. The van der Waals surface area contributed by atoms with Crippen LogP contribution in [0.2, 0.25) is 4.47 Å². The average molecular weight is 263 g/mol. The second kappa shape index (κ2) is 5.76. The zero-order valence-electron chi connectivity index (χ0n) is 8.88. The van der Waals surface area contributed by atoms with Gasteiger partial charge in [0.1, 0.15) is 0 Å². The van der Waals surface area contributed by atoms with E-state index in [0.29, 0.717) is 16.8 Å². The molecular weight excluding hydrogens is 252 g/mol. The normalized spacial score (nSPS) is 11.6. The van der Waals surface area contributed by atoms with Gasteiger partial charge in [-0.05, 0) is 0 Å². The summed E-state index contributed by atoms with van der Waals surface area (Å²) < 4.78 is 0.465. The van der Waals surface area contributed by atoms with E-state index in [9.17, 15) is 10.1 Å². The van der Waals surface area contributed by atoms with Gasteiger partial charge in [-0.25, -0.2) is 4.98 Å². The van der Waals surface area contributed by atoms with E-state index >= 15 is 0 Å². The molecule has 6 nitrogen and oxygen atoms in total. The molecule has 1 aromatic rings. The first-order valence-electron chi connectivity index (χ1n) is 4.41. The quantitative estimate of drug-likeness (QED) is 0.357. The number of rotatable bonds is 4. The standard InChI is InChI=1S/C8H11ClN4O2S/c1-10-7(5-13(14)15)12(2)4-6-3-11-8(9)16-6/h3H,4-5H2,1-2H3. The predicted molar refractivity (Wildman–Crippen MR) is 63.8 cm³/mol. The fourth-order valence-electron chi connectivity index (χ4n) is 1.16. The lowest BCUT2D eigenvalue weighted by atomic mass is 10.4. The Kier molecular flexibility index (Phi) is 4.63. The minimum atomic E-state index is -0.404. The van der Waals surface area contributed by atoms with Crippen molar-refractivity contribution < 1.29 is 4.92 Å². The van der Waals surface area contributed by atoms with Crippen molar-refractivity contribution in [2.75, 3.05) is 20.6 Å². The lowest BCUT2D eigenvalue weighted by Gasteiger charge is -2.16. The van der Waals surface area contributed by atoms with Crippen molar-refractivity contribution in [3.05, 3.63) is 25.7 Å². The van der Waals surface area contributed by atoms with Crippen LogP contribution in [0.25, 0.3) is 0 Å². The molecule has 0 aliphatic heterocycles. The third-order valence-electron chi connectivity index (χ3n) is 1.89. The molecule has 0 aliphatic rings. The van der Waals surface area contributed by atoms with E-state index in [-0.39, 0.29) is 6.54 Å². The van der Waals surface area contributed by atoms with Crippen LogP contribution < -0.4 is 0 Å². The number of aromatic nitrogens is 1. The van der Waals surface area contributed by atoms with Crippen LogP contribution in [0.4, 0.5) is 0 Å². The number of likely N-dealkylation sites (N-methyl/N-ethyl adjacent to an activating group) is 1. The molecule has 0 fully saturated rings. The largest absolute Gasteiger partial charge is 0.353 e. The smallest absolute Gasteiger partial charge is 0.260 e. The van der Waals surface area contributed by atoms with Crippen molar-refractivity contribution in [1.29, 1.82) is 0 Å². The summed E-state index contributed by atoms with van der Waals surface area (Å²) in [4.78, 5) is 20.4. The van der Waals surface area contributed by atoms with Gasteiger partial charge in [0.05, 0.1) is 6.54 Å². The molecule has 1 aromatic heterocycles. The first kappa shape index (κ1) is 12.9. The van der Waals surface area contributed by atoms with Crippen LogP contribution in [0.3, 0.4) is 0 Å². The van der Waals surface area contributed by atoms with Gasteiger partial charge in [0, 0.05) is 30.1 Å². The molecule has 88 valence electrons. The van der Waals surface area contributed by atoms with E-state index in [4.69, 9.17) is 11.6 Å². The molecule has 8 heteroatoms. The van der Waals surface area contributed by atoms with Crippen LogP contribution in [0.5, 0.6) is 0 Å². The molecule has 0 N–H and O–H groups in total. The molecule has 0 spiro atoms. The highest BCUT2D eigenvalue weighted by Gasteiger charge is 2.13. The van der Waals surface area contributed by atoms with E-state index in [0.717, 1.165) is 4.88 Å². The van der Waals surface area contributed by atoms with E-state index in [1.807, 2.05) is 0 Å². The van der Waals surface area contributed by atoms with Gasteiger partial charge in [-0.2, -0.15) is 0 Å². The van der Waals surface area contributed by atoms with Gasteiger partial charge in [0.15, 0.2) is 10.3 Å². The lowest BCUT2D eigenvalue weighted by molar-refractivity contribution is -0.464. The summed E-state index contributed by atoms with van der Waals surface area (Å²) in [5, 5.41) is 10.4. The van der Waals surface area contributed by atoms with E-state index in [1.54, 1.807) is 18.1 Å². The summed E-state index contributed by atoms with van der Waals surface area (Å²) in [6, 6.07) is 0. The maximum atomic E-state index is 10.4. The number of thiazole rings is 1. The van der Waals surface area contributed by atoms with Crippen molar-refractivity contribution in [3.63, 3.8) is 0 Å². The van der Waals surface area contributed by atoms with Gasteiger partial charge in [-0.15, -0.1) is 11.3 Å². The maximum absolute atomic E-state index is 10.4. The van der Waals surface area contributed by atoms with Crippen molar-refractivity contribution in [2.24, 2.45) is 4.99 Å². The molecule has 0 saturated heterocycles. The number of hydrogen-bond acceptors (Lipinski definition) is 5. The first-order valence-corrected chi connectivity index (χ1v) is 5.61. The van der Waals surface area contributed by atoms with E-state index in [2.05, 4.69) is 9.98 Å². The molecule has 0 bridgehead atoms. The first-order chi connectivity index (χ1) is 7.52. The summed E-state index contributed by atoms with van der Waals surface area (Å²) in [7, 11) is 3.29. The molecule has 16 heavy (non-hydrogen) atoms. The van der Waals surface area contributed by atoms with Crippen LogP contribution in [0.1, 0.15) is 4.88 Å². The molecule has 0 saturated carbocycles. The van der Waals surface area contributed by atoms with Crippen molar-refractivity contribution >= 4 is 28.8 Å². The Labute approximate surface area is 102 Å². The number of nitro groups is 1. The highest BCUT2D eigenvalue weighted by atomic mass is 35.5. The van der Waals surface area contributed by atoms with Crippen LogP contribution in [0.15, 0.2) is 11.2 Å². The molecule has 1 rings (SSSR count). The zero-order valence-corrected chi connectivity index (χ0v) is 10.5. The number of nitrogens with zero attached hydrogens (tertiary/aromatic N) is 4. The topological polar surface area (TPSA) is 71.6 Å². The molecule has 0 unspecified atom stereocenters. The third-order valence-corrected chi connectivity index (χ3v) is 2.99. The Balaban J connectivity index is 2.63. The SMILES string of the molecule is CN=C(C[N+](=O)[O-])N(C)Cc1cnc(Cl)s1. The Morgan fingerprint density at radius 2 is 2.50 bits per heavy atom. The van der Waals surface area contributed by atoms with Gasteiger partial charge in [0.2, 0.25) is 0 Å². The van der Waals surface area contributed by atoms with Crippen molar-refractivity contribution in [2.45, 2.75) is 6.54 Å². The highest BCUT2D eigenvalue weighted by molar-refractivity contribution is 7.15. The summed E-state index contributed by atoms with van der Waals surface area (Å²) in [6.45, 7) is 0.241. The minimum Gasteiger partial charge on any atom is -0.353 e. The summed E-state index contributed by atoms with van der Waals surface area (Å²) in [5.74, 6) is 0.425. The Morgan fingerprint density at radius 1 is 1.81 bits per heavy atom. The van der Waals surface area contributed by atoms with Crippen LogP contribution >= 0.6 is 22.9 Å². The molecule has 0 amide bonds. The van der Waals surface area contributed by atoms with Gasteiger partial charge in [0.25, 0.3) is 6.54 Å². The second-order valence-electron chi connectivity index (χ2n) is 3.07. The molecule has 1 heterocycles. The van der Waals surface area contributed by atoms with E-state index in [1.165, 1.54) is 18.4 Å². The summed E-state index contributed by atoms with van der Waals surface area (Å²) in [5.41, 5.74) is 0. The van der Waals surface area contributed by atoms with Gasteiger partial charge in [-0.3, -0.25) is 15.1 Å². The summed E-state index contributed by atoms with van der Waals surface area (Å²) >= 11 is 7.04. The zero-order chi connectivity index (χ0) is 12.1. The van der Waals surface area contributed by atoms with Gasteiger partial charge in [-0.1, -0.05) is 11.6 Å².